The highest BCUT2D eigenvalue weighted by Gasteiger charge is 2.08. The first kappa shape index (κ1) is 15.4. The smallest absolute Gasteiger partial charge is 0.317 e. The van der Waals surface area contributed by atoms with Crippen LogP contribution in [0.3, 0.4) is 0 Å². The number of carboxylic acids is 1. The standard InChI is InChI=1S/C12H19N3O3S/c1-9-8-19-10(14-9)5-6-13-12(18)15(2)7-3-4-11(16)17/h8H,3-7H2,1-2H3,(H,13,18)(H,16,17). The minimum Gasteiger partial charge on any atom is -0.481 e. The fourth-order valence-corrected chi connectivity index (χ4v) is 2.27. The molecule has 2 N–H and O–H groups in total. The van der Waals surface area contributed by atoms with Gasteiger partial charge < -0.3 is 15.3 Å². The maximum atomic E-state index is 11.7. The van der Waals surface area contributed by atoms with Crippen molar-refractivity contribution in [1.29, 1.82) is 0 Å². The lowest BCUT2D eigenvalue weighted by molar-refractivity contribution is -0.137. The van der Waals surface area contributed by atoms with Gasteiger partial charge in [-0.05, 0) is 13.3 Å². The Labute approximate surface area is 116 Å². The Morgan fingerprint density at radius 3 is 2.84 bits per heavy atom. The van der Waals surface area contributed by atoms with Crippen LogP contribution in [-0.2, 0) is 11.2 Å². The van der Waals surface area contributed by atoms with E-state index in [1.165, 1.54) is 4.90 Å². The molecule has 1 aromatic rings. The molecule has 19 heavy (non-hydrogen) atoms. The van der Waals surface area contributed by atoms with Crippen molar-refractivity contribution >= 4 is 23.3 Å². The summed E-state index contributed by atoms with van der Waals surface area (Å²) in [5.41, 5.74) is 0.997. The molecule has 0 aliphatic heterocycles. The van der Waals surface area contributed by atoms with E-state index in [0.29, 0.717) is 25.9 Å². The Balaban J connectivity index is 2.17. The number of aliphatic carboxylic acids is 1. The topological polar surface area (TPSA) is 82.5 Å². The van der Waals surface area contributed by atoms with Crippen molar-refractivity contribution in [2.45, 2.75) is 26.2 Å². The third kappa shape index (κ3) is 6.19. The van der Waals surface area contributed by atoms with E-state index in [1.807, 2.05) is 12.3 Å². The van der Waals surface area contributed by atoms with Crippen molar-refractivity contribution in [2.75, 3.05) is 20.1 Å². The lowest BCUT2D eigenvalue weighted by Crippen LogP contribution is -2.38. The highest BCUT2D eigenvalue weighted by molar-refractivity contribution is 7.09. The van der Waals surface area contributed by atoms with E-state index in [2.05, 4.69) is 10.3 Å². The van der Waals surface area contributed by atoms with Crippen LogP contribution in [0.1, 0.15) is 23.5 Å². The molecule has 0 atom stereocenters. The second-order valence-electron chi connectivity index (χ2n) is 4.28. The van der Waals surface area contributed by atoms with Crippen molar-refractivity contribution in [3.05, 3.63) is 16.1 Å². The van der Waals surface area contributed by atoms with Crippen LogP contribution in [0.5, 0.6) is 0 Å². The first-order valence-corrected chi connectivity index (χ1v) is 6.98. The number of urea groups is 1. The zero-order chi connectivity index (χ0) is 14.3. The average molecular weight is 285 g/mol. The van der Waals surface area contributed by atoms with Crippen LogP contribution in [-0.4, -0.2) is 47.1 Å². The zero-order valence-corrected chi connectivity index (χ0v) is 12.0. The summed E-state index contributed by atoms with van der Waals surface area (Å²) in [5, 5.41) is 14.3. The number of carboxylic acid groups (broad SMARTS) is 1. The number of amides is 2. The SMILES string of the molecule is Cc1csc(CCNC(=O)N(C)CCCC(=O)O)n1. The molecule has 0 fully saturated rings. The summed E-state index contributed by atoms with van der Waals surface area (Å²) < 4.78 is 0. The monoisotopic (exact) mass is 285 g/mol. The van der Waals surface area contributed by atoms with Gasteiger partial charge in [0.2, 0.25) is 0 Å². The summed E-state index contributed by atoms with van der Waals surface area (Å²) in [6.45, 7) is 2.92. The van der Waals surface area contributed by atoms with E-state index >= 15 is 0 Å². The van der Waals surface area contributed by atoms with Gasteiger partial charge in [-0.2, -0.15) is 0 Å². The van der Waals surface area contributed by atoms with Gasteiger partial charge in [-0.3, -0.25) is 4.79 Å². The highest BCUT2D eigenvalue weighted by atomic mass is 32.1. The molecule has 2 amide bonds. The molecule has 0 aliphatic carbocycles. The minimum absolute atomic E-state index is 0.0794. The van der Waals surface area contributed by atoms with E-state index in [9.17, 15) is 9.59 Å². The number of nitrogens with zero attached hydrogens (tertiary/aromatic N) is 2. The van der Waals surface area contributed by atoms with Crippen LogP contribution in [0, 0.1) is 6.92 Å². The maximum absolute atomic E-state index is 11.7. The predicted octanol–water partition coefficient (Wildman–Crippen LogP) is 1.50. The number of carbonyl (C=O) groups is 2. The summed E-state index contributed by atoms with van der Waals surface area (Å²) in [6, 6.07) is -0.182. The fraction of sp³-hybridized carbons (Fsp3) is 0.583. The molecular weight excluding hydrogens is 266 g/mol. The van der Waals surface area contributed by atoms with Gasteiger partial charge in [0.05, 0.1) is 5.01 Å². The highest BCUT2D eigenvalue weighted by Crippen LogP contribution is 2.08. The number of carbonyl (C=O) groups excluding carboxylic acids is 1. The Morgan fingerprint density at radius 2 is 2.26 bits per heavy atom. The predicted molar refractivity (Wildman–Crippen MR) is 73.5 cm³/mol. The van der Waals surface area contributed by atoms with Crippen molar-refractivity contribution in [1.82, 2.24) is 15.2 Å². The fourth-order valence-electron chi connectivity index (χ4n) is 1.50. The molecular formula is C12H19N3O3S. The number of thiazole rings is 1. The Hall–Kier alpha value is -1.63. The molecule has 0 aromatic carbocycles. The number of aromatic nitrogens is 1. The van der Waals surface area contributed by atoms with Gasteiger partial charge in [0.25, 0.3) is 0 Å². The summed E-state index contributed by atoms with van der Waals surface area (Å²) in [4.78, 5) is 27.8. The first-order valence-electron chi connectivity index (χ1n) is 6.11. The Bertz CT molecular complexity index is 434. The number of hydrogen-bond acceptors (Lipinski definition) is 4. The summed E-state index contributed by atoms with van der Waals surface area (Å²) >= 11 is 1.59. The molecule has 0 unspecified atom stereocenters. The van der Waals surface area contributed by atoms with E-state index < -0.39 is 5.97 Å². The Morgan fingerprint density at radius 1 is 1.53 bits per heavy atom. The van der Waals surface area contributed by atoms with Crippen LogP contribution in [0.4, 0.5) is 4.79 Å². The van der Waals surface area contributed by atoms with Gasteiger partial charge in [-0.1, -0.05) is 0 Å². The van der Waals surface area contributed by atoms with Gasteiger partial charge >= 0.3 is 12.0 Å². The van der Waals surface area contributed by atoms with Crippen LogP contribution in [0.15, 0.2) is 5.38 Å². The second kappa shape index (κ2) is 7.73. The van der Waals surface area contributed by atoms with Gasteiger partial charge in [-0.15, -0.1) is 11.3 Å². The van der Waals surface area contributed by atoms with E-state index in [1.54, 1.807) is 18.4 Å². The molecule has 0 radical (unpaired) electrons. The number of aryl methyl sites for hydroxylation is 1. The largest absolute Gasteiger partial charge is 0.481 e. The molecule has 6 nitrogen and oxygen atoms in total. The molecule has 0 saturated carbocycles. The molecule has 7 heteroatoms. The minimum atomic E-state index is -0.840. The van der Waals surface area contributed by atoms with E-state index in [4.69, 9.17) is 5.11 Å². The van der Waals surface area contributed by atoms with E-state index in [0.717, 1.165) is 10.7 Å². The third-order valence-electron chi connectivity index (χ3n) is 2.51. The first-order chi connectivity index (χ1) is 8.99. The molecule has 0 bridgehead atoms. The van der Waals surface area contributed by atoms with Gasteiger partial charge in [0.15, 0.2) is 0 Å². The molecule has 1 aromatic heterocycles. The molecule has 106 valence electrons. The Kier molecular flexibility index (Phi) is 6.27. The summed E-state index contributed by atoms with van der Waals surface area (Å²) in [6.07, 6.45) is 1.26. The zero-order valence-electron chi connectivity index (χ0n) is 11.2. The maximum Gasteiger partial charge on any atom is 0.317 e. The molecule has 1 rings (SSSR count). The molecule has 0 saturated heterocycles. The molecule has 0 aliphatic rings. The third-order valence-corrected chi connectivity index (χ3v) is 3.54. The normalized spacial score (nSPS) is 10.2. The van der Waals surface area contributed by atoms with E-state index in [-0.39, 0.29) is 12.5 Å². The molecule has 1 heterocycles. The van der Waals surface area contributed by atoms with Crippen LogP contribution >= 0.6 is 11.3 Å². The van der Waals surface area contributed by atoms with Crippen molar-refractivity contribution in [3.8, 4) is 0 Å². The van der Waals surface area contributed by atoms with Crippen LogP contribution in [0.2, 0.25) is 0 Å². The number of hydrogen-bond donors (Lipinski definition) is 2. The van der Waals surface area contributed by atoms with Crippen molar-refractivity contribution in [3.63, 3.8) is 0 Å². The average Bonchev–Trinajstić information content (AvgIpc) is 2.74. The number of nitrogens with one attached hydrogen (secondary N) is 1. The summed E-state index contributed by atoms with van der Waals surface area (Å²) in [5.74, 6) is -0.840. The number of rotatable bonds is 7. The van der Waals surface area contributed by atoms with Crippen LogP contribution in [0.25, 0.3) is 0 Å². The van der Waals surface area contributed by atoms with Gasteiger partial charge in [0.1, 0.15) is 0 Å². The van der Waals surface area contributed by atoms with Crippen molar-refractivity contribution < 1.29 is 14.7 Å². The van der Waals surface area contributed by atoms with Gasteiger partial charge in [-0.25, -0.2) is 9.78 Å². The summed E-state index contributed by atoms with van der Waals surface area (Å²) in [7, 11) is 1.66. The molecule has 0 spiro atoms. The second-order valence-corrected chi connectivity index (χ2v) is 5.23. The van der Waals surface area contributed by atoms with Crippen LogP contribution < -0.4 is 5.32 Å². The lowest BCUT2D eigenvalue weighted by Gasteiger charge is -2.17. The van der Waals surface area contributed by atoms with Gasteiger partial charge in [0, 0.05) is 44.1 Å². The lowest BCUT2D eigenvalue weighted by atomic mass is 10.3. The quantitative estimate of drug-likeness (QED) is 0.795. The van der Waals surface area contributed by atoms with Crippen molar-refractivity contribution in [2.24, 2.45) is 0 Å².